The third-order valence-corrected chi connectivity index (χ3v) is 6.09. The van der Waals surface area contributed by atoms with Crippen LogP contribution in [0, 0.1) is 10.1 Å². The van der Waals surface area contributed by atoms with Gasteiger partial charge in [0.2, 0.25) is 6.29 Å². The number of hydrogen-bond acceptors (Lipinski definition) is 14. The van der Waals surface area contributed by atoms with Gasteiger partial charge in [0.1, 0.15) is 42.4 Å². The molecule has 16 heteroatoms. The largest absolute Gasteiger partial charge is 0.477 e. The van der Waals surface area contributed by atoms with Crippen molar-refractivity contribution in [1.29, 1.82) is 0 Å². The Morgan fingerprint density at radius 1 is 1.14 bits per heavy atom. The van der Waals surface area contributed by atoms with E-state index < -0.39 is 91.4 Å². The number of nitrogens with zero attached hydrogens (tertiary/aromatic N) is 1. The van der Waals surface area contributed by atoms with E-state index in [2.05, 4.69) is 0 Å². The van der Waals surface area contributed by atoms with Crippen molar-refractivity contribution in [3.63, 3.8) is 0 Å². The van der Waals surface area contributed by atoms with Gasteiger partial charge in [-0.2, -0.15) is 0 Å². The zero-order chi connectivity index (χ0) is 27.5. The van der Waals surface area contributed by atoms with Crippen molar-refractivity contribution < 1.29 is 69.5 Å². The first kappa shape index (κ1) is 29.1. The maximum absolute atomic E-state index is 12.1. The van der Waals surface area contributed by atoms with Gasteiger partial charge in [-0.15, -0.1) is 0 Å². The lowest BCUT2D eigenvalue weighted by Crippen LogP contribution is -2.62. The summed E-state index contributed by atoms with van der Waals surface area (Å²) in [6.45, 7) is -1.63. The van der Waals surface area contributed by atoms with Crippen LogP contribution in [0.3, 0.4) is 0 Å². The second kappa shape index (κ2) is 11.9. The van der Waals surface area contributed by atoms with Gasteiger partial charge < -0.3 is 59.8 Å². The van der Waals surface area contributed by atoms with Gasteiger partial charge in [-0.05, 0) is 12.1 Å². The number of aliphatic hydroxyl groups is 7. The lowest BCUT2D eigenvalue weighted by molar-refractivity contribution is -0.384. The van der Waals surface area contributed by atoms with Gasteiger partial charge in [-0.3, -0.25) is 10.1 Å². The van der Waals surface area contributed by atoms with Crippen LogP contribution in [0.4, 0.5) is 5.69 Å². The number of non-ortho nitro benzene ring substituents is 1. The molecule has 3 rings (SSSR count). The Hall–Kier alpha value is -2.51. The molecule has 0 bridgehead atoms. The molecule has 0 saturated carbocycles. The fourth-order valence-corrected chi connectivity index (χ4v) is 4.01. The standard InChI is InChI=1S/C21H29NO15/c23-7-12(25)15(26)13-5-10(24)6-21(37-13,20(30)31)34-8-14-16(27)17(28)18(29)19(36-14)35-11-3-1-9(2-4-11)22(32)33/h1-4,10,12-19,23-29H,5-8H2,(H,30,31)/t10-,12-,13-,14-,15-,16+,17+,18-,19-,21-/m1/s1. The van der Waals surface area contributed by atoms with Crippen molar-refractivity contribution in [2.45, 2.75) is 73.8 Å². The third-order valence-electron chi connectivity index (χ3n) is 6.09. The van der Waals surface area contributed by atoms with Crippen molar-refractivity contribution in [2.24, 2.45) is 0 Å². The SMILES string of the molecule is O=C(O)[C@@]1(OC[C@H]2O[C@@H](Oc3ccc([N+](=O)[O-])cc3)[C@H](O)[C@@H](O)[C@H]2O)C[C@H](O)C[C@H]([C@H](O)[C@H](O)CO)O1. The number of carboxylic acids is 1. The second-order valence-electron chi connectivity index (χ2n) is 8.74. The summed E-state index contributed by atoms with van der Waals surface area (Å²) in [6, 6.07) is 4.66. The van der Waals surface area contributed by atoms with Crippen molar-refractivity contribution in [1.82, 2.24) is 0 Å². The number of benzene rings is 1. The molecule has 2 fully saturated rings. The summed E-state index contributed by atoms with van der Waals surface area (Å²) in [5.74, 6) is -4.28. The maximum atomic E-state index is 12.1. The zero-order valence-electron chi connectivity index (χ0n) is 19.2. The van der Waals surface area contributed by atoms with Gasteiger partial charge in [-0.25, -0.2) is 4.79 Å². The minimum Gasteiger partial charge on any atom is -0.477 e. The molecule has 10 atom stereocenters. The molecule has 16 nitrogen and oxygen atoms in total. The molecule has 0 spiro atoms. The number of carboxylic acid groups (broad SMARTS) is 1. The number of nitro benzene ring substituents is 1. The highest BCUT2D eigenvalue weighted by molar-refractivity contribution is 5.76. The minimum absolute atomic E-state index is 0.0120. The number of ether oxygens (including phenoxy) is 4. The number of carbonyl (C=O) groups is 1. The van der Waals surface area contributed by atoms with Crippen LogP contribution in [0.5, 0.6) is 5.75 Å². The molecular weight excluding hydrogens is 506 g/mol. The highest BCUT2D eigenvalue weighted by Gasteiger charge is 2.53. The van der Waals surface area contributed by atoms with Crippen LogP contribution in [0.1, 0.15) is 12.8 Å². The van der Waals surface area contributed by atoms with E-state index in [1.165, 1.54) is 12.1 Å². The van der Waals surface area contributed by atoms with Crippen LogP contribution in [-0.4, -0.2) is 126 Å². The molecule has 37 heavy (non-hydrogen) atoms. The first-order valence-electron chi connectivity index (χ1n) is 11.2. The Balaban J connectivity index is 1.73. The first-order chi connectivity index (χ1) is 17.4. The fourth-order valence-electron chi connectivity index (χ4n) is 4.01. The summed E-state index contributed by atoms with van der Waals surface area (Å²) in [7, 11) is 0. The number of rotatable bonds is 10. The highest BCUT2D eigenvalue weighted by atomic mass is 16.7. The average Bonchev–Trinajstić information content (AvgIpc) is 2.87. The first-order valence-corrected chi connectivity index (χ1v) is 11.2. The van der Waals surface area contributed by atoms with Gasteiger partial charge in [-0.1, -0.05) is 0 Å². The number of aliphatic hydroxyl groups excluding tert-OH is 7. The minimum atomic E-state index is -2.57. The molecule has 0 aromatic heterocycles. The summed E-state index contributed by atoms with van der Waals surface area (Å²) in [5.41, 5.74) is -0.234. The predicted molar refractivity (Wildman–Crippen MR) is 116 cm³/mol. The van der Waals surface area contributed by atoms with Crippen molar-refractivity contribution in [3.8, 4) is 5.75 Å². The number of hydrogen-bond donors (Lipinski definition) is 8. The molecule has 2 saturated heterocycles. The monoisotopic (exact) mass is 535 g/mol. The number of nitro groups is 1. The van der Waals surface area contributed by atoms with Crippen LogP contribution in [0.15, 0.2) is 24.3 Å². The average molecular weight is 535 g/mol. The molecule has 0 amide bonds. The molecular formula is C21H29NO15. The Morgan fingerprint density at radius 3 is 2.35 bits per heavy atom. The summed E-state index contributed by atoms with van der Waals surface area (Å²) in [5, 5.41) is 90.5. The van der Waals surface area contributed by atoms with Crippen LogP contribution in [0.2, 0.25) is 0 Å². The fraction of sp³-hybridized carbons (Fsp3) is 0.667. The Morgan fingerprint density at radius 2 is 1.78 bits per heavy atom. The van der Waals surface area contributed by atoms with E-state index in [0.29, 0.717) is 0 Å². The van der Waals surface area contributed by atoms with Crippen LogP contribution >= 0.6 is 0 Å². The predicted octanol–water partition coefficient (Wildman–Crippen LogP) is -3.17. The van der Waals surface area contributed by atoms with Crippen LogP contribution < -0.4 is 4.74 Å². The van der Waals surface area contributed by atoms with Crippen molar-refractivity contribution >= 4 is 11.7 Å². The van der Waals surface area contributed by atoms with Gasteiger partial charge in [0, 0.05) is 25.0 Å². The zero-order valence-corrected chi connectivity index (χ0v) is 19.2. The Bertz CT molecular complexity index is 931. The van der Waals surface area contributed by atoms with Gasteiger partial charge in [0.05, 0.1) is 30.3 Å². The second-order valence-corrected chi connectivity index (χ2v) is 8.74. The van der Waals surface area contributed by atoms with Crippen LogP contribution in [-0.2, 0) is 19.0 Å². The van der Waals surface area contributed by atoms with E-state index >= 15 is 0 Å². The lowest BCUT2D eigenvalue weighted by Gasteiger charge is -2.44. The molecule has 1 aromatic rings. The topological polar surface area (TPSA) is 259 Å². The molecule has 2 aliphatic heterocycles. The molecule has 1 aromatic carbocycles. The van der Waals surface area contributed by atoms with Gasteiger partial charge >= 0.3 is 5.97 Å². The van der Waals surface area contributed by atoms with E-state index in [1.807, 2.05) is 0 Å². The lowest BCUT2D eigenvalue weighted by atomic mass is 9.93. The molecule has 0 radical (unpaired) electrons. The normalized spacial score (nSPS) is 35.9. The smallest absolute Gasteiger partial charge is 0.364 e. The molecule has 208 valence electrons. The van der Waals surface area contributed by atoms with E-state index in [4.69, 9.17) is 24.1 Å². The molecule has 2 aliphatic rings. The summed E-state index contributed by atoms with van der Waals surface area (Å²) in [4.78, 5) is 22.2. The van der Waals surface area contributed by atoms with E-state index in [9.17, 15) is 50.7 Å². The van der Waals surface area contributed by atoms with Crippen molar-refractivity contribution in [3.05, 3.63) is 34.4 Å². The van der Waals surface area contributed by atoms with Crippen LogP contribution in [0.25, 0.3) is 0 Å². The quantitative estimate of drug-likeness (QED) is 0.109. The van der Waals surface area contributed by atoms with E-state index in [-0.39, 0.29) is 17.9 Å². The Labute approximate surface area is 209 Å². The summed E-state index contributed by atoms with van der Waals surface area (Å²) < 4.78 is 21.7. The van der Waals surface area contributed by atoms with E-state index in [0.717, 1.165) is 12.1 Å². The molecule has 0 aliphatic carbocycles. The number of aliphatic carboxylic acids is 1. The van der Waals surface area contributed by atoms with E-state index in [1.54, 1.807) is 0 Å². The Kier molecular flexibility index (Phi) is 9.35. The van der Waals surface area contributed by atoms with Crippen molar-refractivity contribution in [2.75, 3.05) is 13.2 Å². The summed E-state index contributed by atoms with van der Waals surface area (Å²) >= 11 is 0. The molecule has 8 N–H and O–H groups in total. The maximum Gasteiger partial charge on any atom is 0.364 e. The highest BCUT2D eigenvalue weighted by Crippen LogP contribution is 2.34. The summed E-state index contributed by atoms with van der Waals surface area (Å²) in [6.07, 6.45) is -15.7. The van der Waals surface area contributed by atoms with Gasteiger partial charge in [0.25, 0.3) is 11.5 Å². The van der Waals surface area contributed by atoms with Gasteiger partial charge in [0.15, 0.2) is 0 Å². The molecule has 2 heterocycles. The molecule has 0 unspecified atom stereocenters. The third kappa shape index (κ3) is 6.50.